The minimum atomic E-state index is -0.699. The zero-order valence-corrected chi connectivity index (χ0v) is 16.4. The van der Waals surface area contributed by atoms with Crippen LogP contribution >= 0.6 is 0 Å². The van der Waals surface area contributed by atoms with Gasteiger partial charge in [-0.3, -0.25) is 9.97 Å². The molecule has 4 rings (SSSR count). The molecular weight excluding hydrogens is 368 g/mol. The normalized spacial score (nSPS) is 12.3. The van der Waals surface area contributed by atoms with Crippen LogP contribution in [0.5, 0.6) is 0 Å². The molecule has 1 unspecified atom stereocenters. The van der Waals surface area contributed by atoms with Crippen molar-refractivity contribution in [3.05, 3.63) is 72.0 Å². The van der Waals surface area contributed by atoms with E-state index in [1.165, 1.54) is 0 Å². The number of ether oxygens (including phenoxy) is 1. The fourth-order valence-electron chi connectivity index (χ4n) is 2.95. The fourth-order valence-corrected chi connectivity index (χ4v) is 2.95. The maximum absolute atomic E-state index is 12.9. The fraction of sp³-hybridized carbons (Fsp3) is 0.227. The number of carbonyl (C=O) groups is 1. The number of fused-ring (bicyclic) bond motifs is 1. The molecule has 7 heteroatoms. The van der Waals surface area contributed by atoms with Gasteiger partial charge in [0.1, 0.15) is 0 Å². The van der Waals surface area contributed by atoms with Crippen molar-refractivity contribution in [3.63, 3.8) is 0 Å². The molecule has 0 amide bonds. The summed E-state index contributed by atoms with van der Waals surface area (Å²) < 4.78 is 10.9. The molecule has 29 heavy (non-hydrogen) atoms. The van der Waals surface area contributed by atoms with Gasteiger partial charge in [0.05, 0.1) is 11.1 Å². The highest BCUT2D eigenvalue weighted by atomic mass is 16.6. The molecule has 7 nitrogen and oxygen atoms in total. The Bertz CT molecular complexity index is 1160. The zero-order valence-electron chi connectivity index (χ0n) is 16.4. The predicted octanol–water partition coefficient (Wildman–Crippen LogP) is 4.72. The van der Waals surface area contributed by atoms with Crippen molar-refractivity contribution in [2.45, 2.75) is 32.8 Å². The van der Waals surface area contributed by atoms with Gasteiger partial charge in [-0.2, -0.15) is 4.98 Å². The Kier molecular flexibility index (Phi) is 5.03. The van der Waals surface area contributed by atoms with Crippen molar-refractivity contribution in [2.75, 3.05) is 0 Å². The van der Waals surface area contributed by atoms with Gasteiger partial charge in [-0.05, 0) is 37.1 Å². The number of hydrogen-bond acceptors (Lipinski definition) is 7. The molecule has 146 valence electrons. The topological polar surface area (TPSA) is 91.0 Å². The summed E-state index contributed by atoms with van der Waals surface area (Å²) in [5.41, 5.74) is 2.79. The molecule has 0 aliphatic rings. The number of nitrogens with zero attached hydrogens (tertiary/aromatic N) is 4. The molecule has 0 saturated heterocycles. The second kappa shape index (κ2) is 7.79. The molecule has 4 aromatic rings. The first-order valence-electron chi connectivity index (χ1n) is 9.37. The summed E-state index contributed by atoms with van der Waals surface area (Å²) in [5, 5.41) is 4.69. The minimum Gasteiger partial charge on any atom is -0.449 e. The van der Waals surface area contributed by atoms with Gasteiger partial charge in [-0.25, -0.2) is 4.79 Å². The maximum atomic E-state index is 12.9. The molecule has 0 aliphatic carbocycles. The molecule has 3 heterocycles. The van der Waals surface area contributed by atoms with E-state index in [-0.39, 0.29) is 11.8 Å². The molecule has 0 radical (unpaired) electrons. The predicted molar refractivity (Wildman–Crippen MR) is 107 cm³/mol. The van der Waals surface area contributed by atoms with Crippen molar-refractivity contribution in [3.8, 4) is 11.4 Å². The molecule has 1 atom stereocenters. The molecule has 0 fully saturated rings. The number of pyridine rings is 2. The van der Waals surface area contributed by atoms with Crippen LogP contribution in [0.25, 0.3) is 22.3 Å². The largest absolute Gasteiger partial charge is 0.449 e. The highest BCUT2D eigenvalue weighted by molar-refractivity contribution is 6.03. The SMILES string of the molecule is CC(C)c1cc(C(=O)OC(C)c2nc(-c3cccnc3)no2)c2ccccc2n1. The first-order valence-corrected chi connectivity index (χ1v) is 9.37. The Labute approximate surface area is 167 Å². The summed E-state index contributed by atoms with van der Waals surface area (Å²) in [7, 11) is 0. The highest BCUT2D eigenvalue weighted by Crippen LogP contribution is 2.26. The highest BCUT2D eigenvalue weighted by Gasteiger charge is 2.22. The molecule has 0 bridgehead atoms. The van der Waals surface area contributed by atoms with E-state index in [0.29, 0.717) is 11.4 Å². The van der Waals surface area contributed by atoms with Crippen molar-refractivity contribution in [2.24, 2.45) is 0 Å². The average molecular weight is 388 g/mol. The molecular formula is C22H20N4O3. The smallest absolute Gasteiger partial charge is 0.339 e. The Morgan fingerprint density at radius 3 is 2.66 bits per heavy atom. The second-order valence-electron chi connectivity index (χ2n) is 7.01. The molecule has 0 spiro atoms. The number of rotatable bonds is 5. The zero-order chi connectivity index (χ0) is 20.4. The number of benzene rings is 1. The monoisotopic (exact) mass is 388 g/mol. The van der Waals surface area contributed by atoms with E-state index < -0.39 is 12.1 Å². The second-order valence-corrected chi connectivity index (χ2v) is 7.01. The van der Waals surface area contributed by atoms with E-state index in [0.717, 1.165) is 22.2 Å². The van der Waals surface area contributed by atoms with Crippen LogP contribution in [0.2, 0.25) is 0 Å². The van der Waals surface area contributed by atoms with E-state index in [2.05, 4.69) is 20.1 Å². The summed E-state index contributed by atoms with van der Waals surface area (Å²) >= 11 is 0. The van der Waals surface area contributed by atoms with Crippen LogP contribution < -0.4 is 0 Å². The van der Waals surface area contributed by atoms with Gasteiger partial charge in [-0.15, -0.1) is 0 Å². The summed E-state index contributed by atoms with van der Waals surface area (Å²) in [4.78, 5) is 26.0. The Hall–Kier alpha value is -3.61. The van der Waals surface area contributed by atoms with Gasteiger partial charge < -0.3 is 9.26 Å². The third-order valence-corrected chi connectivity index (χ3v) is 4.54. The lowest BCUT2D eigenvalue weighted by atomic mass is 10.0. The molecule has 0 saturated carbocycles. The summed E-state index contributed by atoms with van der Waals surface area (Å²) in [6.45, 7) is 5.77. The van der Waals surface area contributed by atoms with Crippen LogP contribution in [0.15, 0.2) is 59.4 Å². The number of aromatic nitrogens is 4. The van der Waals surface area contributed by atoms with Crippen LogP contribution in [0.1, 0.15) is 54.7 Å². The third kappa shape index (κ3) is 3.85. The van der Waals surface area contributed by atoms with Crippen LogP contribution in [-0.4, -0.2) is 26.1 Å². The average Bonchev–Trinajstić information content (AvgIpc) is 3.24. The quantitative estimate of drug-likeness (QED) is 0.457. The van der Waals surface area contributed by atoms with Gasteiger partial charge in [0, 0.05) is 29.0 Å². The van der Waals surface area contributed by atoms with E-state index in [4.69, 9.17) is 9.26 Å². The van der Waals surface area contributed by atoms with Crippen molar-refractivity contribution in [1.29, 1.82) is 0 Å². The maximum Gasteiger partial charge on any atom is 0.339 e. The van der Waals surface area contributed by atoms with Crippen LogP contribution in [0.4, 0.5) is 0 Å². The van der Waals surface area contributed by atoms with E-state index in [9.17, 15) is 4.79 Å². The minimum absolute atomic E-state index is 0.182. The molecule has 1 aromatic carbocycles. The standard InChI is InChI=1S/C22H20N4O3/c1-13(2)19-11-17(16-8-4-5-9-18(16)24-19)22(27)28-14(3)21-25-20(26-29-21)15-7-6-10-23-12-15/h4-14H,1-3H3. The Morgan fingerprint density at radius 1 is 1.07 bits per heavy atom. The molecule has 0 N–H and O–H groups in total. The number of para-hydroxylation sites is 1. The Balaban J connectivity index is 1.60. The lowest BCUT2D eigenvalue weighted by molar-refractivity contribution is 0.0267. The van der Waals surface area contributed by atoms with Gasteiger partial charge >= 0.3 is 5.97 Å². The van der Waals surface area contributed by atoms with Gasteiger partial charge in [0.25, 0.3) is 5.89 Å². The van der Waals surface area contributed by atoms with Crippen molar-refractivity contribution in [1.82, 2.24) is 20.1 Å². The van der Waals surface area contributed by atoms with Crippen LogP contribution in [0, 0.1) is 0 Å². The molecule has 3 aromatic heterocycles. The van der Waals surface area contributed by atoms with E-state index in [1.54, 1.807) is 31.5 Å². The number of carbonyl (C=O) groups excluding carboxylic acids is 1. The molecule has 0 aliphatic heterocycles. The summed E-state index contributed by atoms with van der Waals surface area (Å²) in [6, 6.07) is 12.9. The van der Waals surface area contributed by atoms with E-state index in [1.807, 2.05) is 44.2 Å². The summed E-state index contributed by atoms with van der Waals surface area (Å²) in [5.74, 6) is 0.341. The lowest BCUT2D eigenvalue weighted by Crippen LogP contribution is -2.11. The van der Waals surface area contributed by atoms with Crippen LogP contribution in [-0.2, 0) is 4.74 Å². The summed E-state index contributed by atoms with van der Waals surface area (Å²) in [6.07, 6.45) is 2.61. The lowest BCUT2D eigenvalue weighted by Gasteiger charge is -2.13. The first-order chi connectivity index (χ1) is 14.0. The van der Waals surface area contributed by atoms with E-state index >= 15 is 0 Å². The van der Waals surface area contributed by atoms with Gasteiger partial charge in [0.15, 0.2) is 6.10 Å². The number of hydrogen-bond donors (Lipinski definition) is 0. The van der Waals surface area contributed by atoms with Crippen molar-refractivity contribution < 1.29 is 14.1 Å². The first kappa shape index (κ1) is 18.7. The Morgan fingerprint density at radius 2 is 1.90 bits per heavy atom. The number of esters is 1. The van der Waals surface area contributed by atoms with Crippen molar-refractivity contribution >= 4 is 16.9 Å². The van der Waals surface area contributed by atoms with Gasteiger partial charge in [0.2, 0.25) is 5.82 Å². The third-order valence-electron chi connectivity index (χ3n) is 4.54. The van der Waals surface area contributed by atoms with Crippen LogP contribution in [0.3, 0.4) is 0 Å². The van der Waals surface area contributed by atoms with Gasteiger partial charge in [-0.1, -0.05) is 37.2 Å².